The molecule has 0 spiro atoms. The molecule has 2 aliphatic rings. The molecule has 4 nitrogen and oxygen atoms in total. The molecule has 0 aliphatic carbocycles. The van der Waals surface area contributed by atoms with E-state index in [1.165, 1.54) is 5.56 Å². The number of halogens is 2. The van der Waals surface area contributed by atoms with Crippen molar-refractivity contribution < 1.29 is 4.79 Å². The van der Waals surface area contributed by atoms with Gasteiger partial charge in [-0.2, -0.15) is 0 Å². The number of aryl methyl sites for hydroxylation is 1. The molecule has 2 fully saturated rings. The first-order chi connectivity index (χ1) is 14.2. The number of nitrogens with one attached hydrogen (secondary N) is 1. The van der Waals surface area contributed by atoms with E-state index in [1.54, 1.807) is 6.20 Å². The Kier molecular flexibility index (Phi) is 7.37. The summed E-state index contributed by atoms with van der Waals surface area (Å²) in [4.78, 5) is 20.5. The first-order valence-corrected chi connectivity index (χ1v) is 10.3. The van der Waals surface area contributed by atoms with E-state index in [1.807, 2.05) is 37.3 Å². The molecule has 162 valence electrons. The van der Waals surface area contributed by atoms with Crippen molar-refractivity contribution in [2.45, 2.75) is 13.0 Å². The number of carbonyl (C=O) groups is 1. The van der Waals surface area contributed by atoms with Gasteiger partial charge in [-0.3, -0.25) is 9.78 Å². The Hall–Kier alpha value is -2.40. The Labute approximate surface area is 195 Å². The predicted octanol–water partition coefficient (Wildman–Crippen LogP) is 4.93. The van der Waals surface area contributed by atoms with Crippen LogP contribution in [0.3, 0.4) is 0 Å². The maximum absolute atomic E-state index is 13.9. The molecule has 0 bridgehead atoms. The molecular weight excluding hydrogens is 429 g/mol. The van der Waals surface area contributed by atoms with Crippen molar-refractivity contribution in [2.24, 2.45) is 11.8 Å². The largest absolute Gasteiger partial charge is 0.331 e. The van der Waals surface area contributed by atoms with Crippen LogP contribution < -0.4 is 5.32 Å². The highest BCUT2D eigenvalue weighted by Gasteiger charge is 2.47. The van der Waals surface area contributed by atoms with Crippen LogP contribution in [0.5, 0.6) is 0 Å². The van der Waals surface area contributed by atoms with Crippen molar-refractivity contribution in [3.63, 3.8) is 0 Å². The number of amides is 1. The van der Waals surface area contributed by atoms with Gasteiger partial charge in [0.1, 0.15) is 0 Å². The zero-order valence-electron chi connectivity index (χ0n) is 17.4. The van der Waals surface area contributed by atoms with Crippen LogP contribution in [0.2, 0.25) is 0 Å². The zero-order valence-corrected chi connectivity index (χ0v) is 19.0. The molecule has 3 aromatic rings. The number of hydrogen-bond acceptors (Lipinski definition) is 3. The molecule has 2 saturated heterocycles. The summed E-state index contributed by atoms with van der Waals surface area (Å²) < 4.78 is 0. The zero-order chi connectivity index (χ0) is 19.8. The summed E-state index contributed by atoms with van der Waals surface area (Å²) in [6.45, 7) is 4.68. The van der Waals surface area contributed by atoms with Gasteiger partial charge in [-0.15, -0.1) is 24.8 Å². The van der Waals surface area contributed by atoms with E-state index < -0.39 is 0 Å². The summed E-state index contributed by atoms with van der Waals surface area (Å²) >= 11 is 0. The lowest BCUT2D eigenvalue weighted by molar-refractivity contribution is 0.0713. The van der Waals surface area contributed by atoms with Gasteiger partial charge in [0.25, 0.3) is 5.91 Å². The minimum Gasteiger partial charge on any atom is -0.331 e. The Morgan fingerprint density at radius 2 is 1.65 bits per heavy atom. The first kappa shape index (κ1) is 23.3. The van der Waals surface area contributed by atoms with Crippen molar-refractivity contribution in [3.8, 4) is 11.1 Å². The molecule has 6 heteroatoms. The number of nitrogens with zero attached hydrogens (tertiary/aromatic N) is 2. The Morgan fingerprint density at radius 1 is 0.968 bits per heavy atom. The SMILES string of the molecule is Cc1nccc(-c2ccccc2)c1C(=O)N1C[C@@H]2CNC[C@@H]2[C@H]1c1ccccc1.Cl.Cl. The molecule has 3 heterocycles. The Bertz CT molecular complexity index is 1030. The fraction of sp³-hybridized carbons (Fsp3) is 0.280. The van der Waals surface area contributed by atoms with Gasteiger partial charge in [-0.25, -0.2) is 0 Å². The summed E-state index contributed by atoms with van der Waals surface area (Å²) in [5.41, 5.74) is 4.76. The molecule has 0 unspecified atom stereocenters. The molecule has 1 aromatic heterocycles. The van der Waals surface area contributed by atoms with Crippen molar-refractivity contribution in [3.05, 3.63) is 89.7 Å². The van der Waals surface area contributed by atoms with Crippen molar-refractivity contribution in [1.82, 2.24) is 15.2 Å². The van der Waals surface area contributed by atoms with Gasteiger partial charge in [0.15, 0.2) is 0 Å². The Balaban J connectivity index is 0.00000136. The fourth-order valence-corrected chi connectivity index (χ4v) is 5.04. The minimum absolute atomic E-state index is 0. The molecule has 1 N–H and O–H groups in total. The van der Waals surface area contributed by atoms with Crippen molar-refractivity contribution >= 4 is 30.7 Å². The number of rotatable bonds is 3. The van der Waals surface area contributed by atoms with Crippen LogP contribution in [-0.2, 0) is 0 Å². The Morgan fingerprint density at radius 3 is 2.35 bits per heavy atom. The fourth-order valence-electron chi connectivity index (χ4n) is 5.04. The maximum atomic E-state index is 13.9. The smallest absolute Gasteiger partial charge is 0.256 e. The van der Waals surface area contributed by atoms with Crippen LogP contribution in [0.4, 0.5) is 0 Å². The van der Waals surface area contributed by atoms with Gasteiger partial charge in [0.05, 0.1) is 17.3 Å². The van der Waals surface area contributed by atoms with Gasteiger partial charge >= 0.3 is 0 Å². The minimum atomic E-state index is 0. The van der Waals surface area contributed by atoms with Gasteiger partial charge in [-0.05, 0) is 35.6 Å². The molecule has 2 aliphatic heterocycles. The second kappa shape index (κ2) is 9.82. The van der Waals surface area contributed by atoms with Crippen LogP contribution in [0.15, 0.2) is 72.9 Å². The first-order valence-electron chi connectivity index (χ1n) is 10.3. The highest BCUT2D eigenvalue weighted by atomic mass is 35.5. The third-order valence-corrected chi connectivity index (χ3v) is 6.41. The summed E-state index contributed by atoms with van der Waals surface area (Å²) in [5, 5.41) is 3.52. The molecule has 0 saturated carbocycles. The number of likely N-dealkylation sites (tertiary alicyclic amines) is 1. The quantitative estimate of drug-likeness (QED) is 0.608. The van der Waals surface area contributed by atoms with Crippen LogP contribution in [0.25, 0.3) is 11.1 Å². The van der Waals surface area contributed by atoms with Crippen LogP contribution in [0.1, 0.15) is 27.7 Å². The standard InChI is InChI=1S/C25H25N3O.2ClH/c1-17-23(21(12-13-27-17)18-8-4-2-5-9-18)25(29)28-16-20-14-26-15-22(20)24(28)19-10-6-3-7-11-19;;/h2-13,20,22,24,26H,14-16H2,1H3;2*1H/t20-,22-,24+;;/m0../s1. The van der Waals surface area contributed by atoms with Gasteiger partial charge in [-0.1, -0.05) is 60.7 Å². The third-order valence-electron chi connectivity index (χ3n) is 6.41. The second-order valence-electron chi connectivity index (χ2n) is 8.08. The summed E-state index contributed by atoms with van der Waals surface area (Å²) in [7, 11) is 0. The van der Waals surface area contributed by atoms with E-state index >= 15 is 0 Å². The third kappa shape index (κ3) is 4.20. The number of hydrogen-bond donors (Lipinski definition) is 1. The van der Waals surface area contributed by atoms with E-state index in [9.17, 15) is 4.79 Å². The highest BCUT2D eigenvalue weighted by Crippen LogP contribution is 2.44. The molecule has 2 aromatic carbocycles. The van der Waals surface area contributed by atoms with Crippen LogP contribution >= 0.6 is 24.8 Å². The molecule has 5 rings (SSSR count). The van der Waals surface area contributed by atoms with Crippen LogP contribution in [-0.4, -0.2) is 35.4 Å². The molecule has 3 atom stereocenters. The molecule has 1 amide bonds. The summed E-state index contributed by atoms with van der Waals surface area (Å²) in [6.07, 6.45) is 1.80. The van der Waals surface area contributed by atoms with E-state index in [0.29, 0.717) is 11.8 Å². The van der Waals surface area contributed by atoms with E-state index in [2.05, 4.69) is 51.6 Å². The number of carbonyl (C=O) groups excluding carboxylic acids is 1. The number of pyridine rings is 1. The highest BCUT2D eigenvalue weighted by molar-refractivity contribution is 6.02. The van der Waals surface area contributed by atoms with Gasteiger partial charge < -0.3 is 10.2 Å². The number of fused-ring (bicyclic) bond motifs is 1. The van der Waals surface area contributed by atoms with Gasteiger partial charge in [0, 0.05) is 31.7 Å². The second-order valence-corrected chi connectivity index (χ2v) is 8.08. The summed E-state index contributed by atoms with van der Waals surface area (Å²) in [6, 6.07) is 22.7. The monoisotopic (exact) mass is 455 g/mol. The summed E-state index contributed by atoms with van der Waals surface area (Å²) in [5.74, 6) is 1.05. The van der Waals surface area contributed by atoms with E-state index in [4.69, 9.17) is 0 Å². The average molecular weight is 456 g/mol. The van der Waals surface area contributed by atoms with Gasteiger partial charge in [0.2, 0.25) is 0 Å². The van der Waals surface area contributed by atoms with Crippen LogP contribution in [0, 0.1) is 18.8 Å². The number of aromatic nitrogens is 1. The van der Waals surface area contributed by atoms with E-state index in [-0.39, 0.29) is 36.8 Å². The lowest BCUT2D eigenvalue weighted by atomic mass is 9.89. The lowest BCUT2D eigenvalue weighted by Gasteiger charge is -2.29. The normalized spacial score (nSPS) is 21.7. The lowest BCUT2D eigenvalue weighted by Crippen LogP contribution is -2.35. The van der Waals surface area contributed by atoms with E-state index in [0.717, 1.165) is 42.0 Å². The van der Waals surface area contributed by atoms with Crippen molar-refractivity contribution in [1.29, 1.82) is 0 Å². The van der Waals surface area contributed by atoms with Crippen molar-refractivity contribution in [2.75, 3.05) is 19.6 Å². The molecule has 0 radical (unpaired) electrons. The average Bonchev–Trinajstić information content (AvgIpc) is 3.35. The topological polar surface area (TPSA) is 45.2 Å². The maximum Gasteiger partial charge on any atom is 0.256 e. The number of benzene rings is 2. The molecule has 31 heavy (non-hydrogen) atoms. The predicted molar refractivity (Wildman–Crippen MR) is 129 cm³/mol. The molecular formula is C25H27Cl2N3O.